The van der Waals surface area contributed by atoms with E-state index < -0.39 is 5.41 Å². The molecule has 136 valence electrons. The molecule has 3 N–H and O–H groups in total. The zero-order valence-corrected chi connectivity index (χ0v) is 15.0. The Morgan fingerprint density at radius 2 is 2.00 bits per heavy atom. The predicted octanol–water partition coefficient (Wildman–Crippen LogP) is 1.71. The standard InChI is InChI=1S/C18H24N4O2.ClH/c19-14-18(7-12-24-13-8-18)17(23)20-10-6-15-2-4-16(5-3-15)22-11-1-9-21-22;/h1-5,9,11H,6-8,10,12-14,19H2,(H,20,23);1H. The largest absolute Gasteiger partial charge is 0.381 e. The van der Waals surface area contributed by atoms with Crippen molar-refractivity contribution >= 4 is 18.3 Å². The highest BCUT2D eigenvalue weighted by atomic mass is 35.5. The van der Waals surface area contributed by atoms with Crippen LogP contribution in [0, 0.1) is 5.41 Å². The number of halogens is 1. The van der Waals surface area contributed by atoms with Crippen molar-refractivity contribution in [1.82, 2.24) is 15.1 Å². The molecule has 1 saturated heterocycles. The zero-order valence-electron chi connectivity index (χ0n) is 14.2. The molecule has 1 aliphatic heterocycles. The molecule has 1 fully saturated rings. The van der Waals surface area contributed by atoms with Gasteiger partial charge in [-0.3, -0.25) is 4.79 Å². The van der Waals surface area contributed by atoms with Gasteiger partial charge in [0, 0.05) is 38.7 Å². The van der Waals surface area contributed by atoms with Crippen LogP contribution in [-0.4, -0.2) is 42.0 Å². The molecule has 0 spiro atoms. The van der Waals surface area contributed by atoms with Crippen LogP contribution in [0.5, 0.6) is 0 Å². The smallest absolute Gasteiger partial charge is 0.227 e. The van der Waals surface area contributed by atoms with Crippen molar-refractivity contribution in [3.63, 3.8) is 0 Å². The lowest BCUT2D eigenvalue weighted by Gasteiger charge is -2.34. The van der Waals surface area contributed by atoms with Gasteiger partial charge in [0.15, 0.2) is 0 Å². The number of nitrogens with one attached hydrogen (secondary N) is 1. The third-order valence-electron chi connectivity index (χ3n) is 4.73. The highest BCUT2D eigenvalue weighted by Crippen LogP contribution is 2.29. The maximum Gasteiger partial charge on any atom is 0.227 e. The fourth-order valence-corrected chi connectivity index (χ4v) is 3.03. The average Bonchev–Trinajstić information content (AvgIpc) is 3.17. The Bertz CT molecular complexity index is 652. The van der Waals surface area contributed by atoms with Crippen molar-refractivity contribution < 1.29 is 9.53 Å². The van der Waals surface area contributed by atoms with Crippen molar-refractivity contribution in [3.05, 3.63) is 48.3 Å². The molecule has 0 unspecified atom stereocenters. The van der Waals surface area contributed by atoms with Crippen molar-refractivity contribution in [1.29, 1.82) is 0 Å². The topological polar surface area (TPSA) is 82.2 Å². The van der Waals surface area contributed by atoms with Gasteiger partial charge in [-0.15, -0.1) is 12.4 Å². The molecule has 1 aromatic heterocycles. The Balaban J connectivity index is 0.00000225. The minimum absolute atomic E-state index is 0. The van der Waals surface area contributed by atoms with Crippen LogP contribution in [0.3, 0.4) is 0 Å². The first kappa shape index (κ1) is 19.4. The van der Waals surface area contributed by atoms with E-state index in [0.717, 1.165) is 12.1 Å². The zero-order chi connectivity index (χ0) is 16.8. The van der Waals surface area contributed by atoms with E-state index in [9.17, 15) is 4.79 Å². The van der Waals surface area contributed by atoms with Gasteiger partial charge in [0.25, 0.3) is 0 Å². The van der Waals surface area contributed by atoms with E-state index >= 15 is 0 Å². The van der Waals surface area contributed by atoms with E-state index in [4.69, 9.17) is 10.5 Å². The lowest BCUT2D eigenvalue weighted by molar-refractivity contribution is -0.135. The summed E-state index contributed by atoms with van der Waals surface area (Å²) in [5.41, 5.74) is 7.61. The number of ether oxygens (including phenoxy) is 1. The van der Waals surface area contributed by atoms with Crippen molar-refractivity contribution in [3.8, 4) is 5.69 Å². The van der Waals surface area contributed by atoms with E-state index in [0.29, 0.717) is 39.1 Å². The van der Waals surface area contributed by atoms with Crippen molar-refractivity contribution in [2.45, 2.75) is 19.3 Å². The van der Waals surface area contributed by atoms with Crippen LogP contribution in [0.1, 0.15) is 18.4 Å². The summed E-state index contributed by atoms with van der Waals surface area (Å²) in [6, 6.07) is 10.1. The quantitative estimate of drug-likeness (QED) is 0.817. The Labute approximate surface area is 154 Å². The number of amides is 1. The Hall–Kier alpha value is -1.89. The molecule has 1 aliphatic rings. The van der Waals surface area contributed by atoms with Crippen molar-refractivity contribution in [2.75, 3.05) is 26.3 Å². The second-order valence-electron chi connectivity index (χ2n) is 6.22. The van der Waals surface area contributed by atoms with Gasteiger partial charge in [0.05, 0.1) is 11.1 Å². The molecule has 0 saturated carbocycles. The number of nitrogens with two attached hydrogens (primary N) is 1. The molecule has 7 heteroatoms. The van der Waals surface area contributed by atoms with E-state index in [1.165, 1.54) is 5.56 Å². The molecule has 2 aromatic rings. The highest BCUT2D eigenvalue weighted by molar-refractivity contribution is 5.85. The summed E-state index contributed by atoms with van der Waals surface area (Å²) in [5, 5.41) is 7.25. The van der Waals surface area contributed by atoms with E-state index in [-0.39, 0.29) is 18.3 Å². The van der Waals surface area contributed by atoms with E-state index in [1.807, 2.05) is 29.1 Å². The summed E-state index contributed by atoms with van der Waals surface area (Å²) in [5.74, 6) is 0.0569. The minimum Gasteiger partial charge on any atom is -0.381 e. The number of aromatic nitrogens is 2. The van der Waals surface area contributed by atoms with Gasteiger partial charge in [-0.2, -0.15) is 5.10 Å². The van der Waals surface area contributed by atoms with E-state index in [1.54, 1.807) is 6.20 Å². The molecular weight excluding hydrogens is 340 g/mol. The summed E-state index contributed by atoms with van der Waals surface area (Å²) < 4.78 is 7.17. The number of nitrogens with zero attached hydrogens (tertiary/aromatic N) is 2. The summed E-state index contributed by atoms with van der Waals surface area (Å²) >= 11 is 0. The van der Waals surface area contributed by atoms with Gasteiger partial charge in [-0.25, -0.2) is 4.68 Å². The fraction of sp³-hybridized carbons (Fsp3) is 0.444. The minimum atomic E-state index is -0.456. The predicted molar refractivity (Wildman–Crippen MR) is 99.1 cm³/mol. The molecule has 1 amide bonds. The first-order valence-electron chi connectivity index (χ1n) is 8.39. The van der Waals surface area contributed by atoms with Crippen LogP contribution in [0.2, 0.25) is 0 Å². The number of hydrogen-bond acceptors (Lipinski definition) is 4. The van der Waals surface area contributed by atoms with E-state index in [2.05, 4.69) is 22.5 Å². The lowest BCUT2D eigenvalue weighted by atomic mass is 9.79. The van der Waals surface area contributed by atoms with Gasteiger partial charge in [0.2, 0.25) is 5.91 Å². The number of rotatable bonds is 6. The molecule has 0 atom stereocenters. The average molecular weight is 365 g/mol. The van der Waals surface area contributed by atoms with Crippen molar-refractivity contribution in [2.24, 2.45) is 11.1 Å². The monoisotopic (exact) mass is 364 g/mol. The van der Waals surface area contributed by atoms with Crippen LogP contribution in [0.15, 0.2) is 42.7 Å². The van der Waals surface area contributed by atoms with Crippen LogP contribution in [0.25, 0.3) is 5.69 Å². The normalized spacial score (nSPS) is 16.0. The van der Waals surface area contributed by atoms with Crippen LogP contribution < -0.4 is 11.1 Å². The molecule has 6 nitrogen and oxygen atoms in total. The summed E-state index contributed by atoms with van der Waals surface area (Å²) in [4.78, 5) is 12.5. The number of hydrogen-bond donors (Lipinski definition) is 2. The number of carbonyl (C=O) groups is 1. The lowest BCUT2D eigenvalue weighted by Crippen LogP contribution is -2.49. The fourth-order valence-electron chi connectivity index (χ4n) is 3.03. The molecule has 3 rings (SSSR count). The molecule has 2 heterocycles. The van der Waals surface area contributed by atoms with Gasteiger partial charge in [-0.05, 0) is 43.0 Å². The maximum atomic E-state index is 12.5. The summed E-state index contributed by atoms with van der Waals surface area (Å²) in [7, 11) is 0. The van der Waals surface area contributed by atoms with Crippen LogP contribution in [0.4, 0.5) is 0 Å². The first-order chi connectivity index (χ1) is 11.7. The number of benzene rings is 1. The molecule has 0 radical (unpaired) electrons. The molecule has 25 heavy (non-hydrogen) atoms. The highest BCUT2D eigenvalue weighted by Gasteiger charge is 2.38. The first-order valence-corrected chi connectivity index (χ1v) is 8.39. The molecular formula is C18H25ClN4O2. The SMILES string of the molecule is Cl.NCC1(C(=O)NCCc2ccc(-n3cccn3)cc2)CCOCC1. The Morgan fingerprint density at radius 3 is 2.60 bits per heavy atom. The summed E-state index contributed by atoms with van der Waals surface area (Å²) in [6.45, 7) is 2.21. The van der Waals surface area contributed by atoms with Gasteiger partial charge >= 0.3 is 0 Å². The molecule has 0 bridgehead atoms. The van der Waals surface area contributed by atoms with Crippen LogP contribution in [-0.2, 0) is 16.0 Å². The second kappa shape index (κ2) is 8.99. The summed E-state index contributed by atoms with van der Waals surface area (Å²) in [6.07, 6.45) is 5.87. The maximum absolute atomic E-state index is 12.5. The second-order valence-corrected chi connectivity index (χ2v) is 6.22. The third-order valence-corrected chi connectivity index (χ3v) is 4.73. The van der Waals surface area contributed by atoms with Gasteiger partial charge in [-0.1, -0.05) is 12.1 Å². The molecule has 0 aliphatic carbocycles. The Morgan fingerprint density at radius 1 is 1.28 bits per heavy atom. The third kappa shape index (κ3) is 4.60. The van der Waals surface area contributed by atoms with Gasteiger partial charge < -0.3 is 15.8 Å². The molecule has 1 aromatic carbocycles. The Kier molecular flexibility index (Phi) is 6.99. The van der Waals surface area contributed by atoms with Crippen LogP contribution >= 0.6 is 12.4 Å². The number of carbonyl (C=O) groups excluding carboxylic acids is 1. The van der Waals surface area contributed by atoms with Gasteiger partial charge in [0.1, 0.15) is 0 Å².